The van der Waals surface area contributed by atoms with E-state index in [1.807, 2.05) is 51.1 Å². The van der Waals surface area contributed by atoms with E-state index in [1.165, 1.54) is 12.1 Å². The van der Waals surface area contributed by atoms with Crippen LogP contribution in [-0.4, -0.2) is 31.5 Å². The second-order valence-corrected chi connectivity index (χ2v) is 11.3. The molecule has 0 saturated carbocycles. The van der Waals surface area contributed by atoms with Crippen LogP contribution in [0.2, 0.25) is 0 Å². The number of rotatable bonds is 8. The van der Waals surface area contributed by atoms with Gasteiger partial charge in [-0.1, -0.05) is 44.2 Å². The van der Waals surface area contributed by atoms with E-state index in [4.69, 9.17) is 9.15 Å². The van der Waals surface area contributed by atoms with Crippen LogP contribution < -0.4 is 9.46 Å². The first-order valence-electron chi connectivity index (χ1n) is 12.1. The number of carboxylic acid groups (broad SMARTS) is 1. The number of hydrogen-bond acceptors (Lipinski definition) is 6. The number of fused-ring (bicyclic) bond motifs is 1. The Morgan fingerprint density at radius 1 is 0.921 bits per heavy atom. The molecule has 198 valence electrons. The molecule has 0 saturated heterocycles. The summed E-state index contributed by atoms with van der Waals surface area (Å²) in [6.45, 7) is 8.73. The fourth-order valence-electron chi connectivity index (χ4n) is 4.32. The van der Waals surface area contributed by atoms with Crippen molar-refractivity contribution in [2.75, 3.05) is 0 Å². The van der Waals surface area contributed by atoms with Gasteiger partial charge in [-0.05, 0) is 79.3 Å². The molecule has 8 nitrogen and oxygen atoms in total. The fourth-order valence-corrected chi connectivity index (χ4v) is 5.66. The van der Waals surface area contributed by atoms with Gasteiger partial charge in [-0.2, -0.15) is 4.72 Å². The van der Waals surface area contributed by atoms with E-state index in [2.05, 4.69) is 4.72 Å². The molecular weight excluding hydrogens is 506 g/mol. The molecule has 3 aromatic carbocycles. The van der Waals surface area contributed by atoms with Gasteiger partial charge < -0.3 is 14.3 Å². The summed E-state index contributed by atoms with van der Waals surface area (Å²) in [6, 6.07) is 16.0. The molecule has 1 unspecified atom stereocenters. The SMILES string of the molecule is Cc1cc(-c2ccc(S(=O)(=O)NC(C(=O)O)C(C)C)cc2)cc(C)c1OC(=O)c1oc2ccccc2c1C. The van der Waals surface area contributed by atoms with Crippen molar-refractivity contribution in [2.45, 2.75) is 45.6 Å². The van der Waals surface area contributed by atoms with Gasteiger partial charge in [0.05, 0.1) is 4.90 Å². The zero-order valence-corrected chi connectivity index (χ0v) is 22.5. The molecule has 2 N–H and O–H groups in total. The van der Waals surface area contributed by atoms with Gasteiger partial charge in [-0.25, -0.2) is 13.2 Å². The second kappa shape index (κ2) is 10.4. The number of carbonyl (C=O) groups is 2. The third kappa shape index (κ3) is 5.34. The van der Waals surface area contributed by atoms with Crippen molar-refractivity contribution in [1.29, 1.82) is 0 Å². The van der Waals surface area contributed by atoms with Crippen LogP contribution in [0.25, 0.3) is 22.1 Å². The fraction of sp³-hybridized carbons (Fsp3) is 0.241. The maximum absolute atomic E-state index is 12.9. The number of sulfonamides is 1. The van der Waals surface area contributed by atoms with Crippen LogP contribution in [0.4, 0.5) is 0 Å². The summed E-state index contributed by atoms with van der Waals surface area (Å²) in [7, 11) is -4.02. The molecule has 4 rings (SSSR count). The van der Waals surface area contributed by atoms with Crippen LogP contribution in [0, 0.1) is 26.7 Å². The summed E-state index contributed by atoms with van der Waals surface area (Å²) in [5, 5.41) is 10.2. The lowest BCUT2D eigenvalue weighted by Gasteiger charge is -2.18. The van der Waals surface area contributed by atoms with E-state index in [9.17, 15) is 23.1 Å². The highest BCUT2D eigenvalue weighted by atomic mass is 32.2. The highest BCUT2D eigenvalue weighted by Crippen LogP contribution is 2.32. The normalized spacial score (nSPS) is 12.6. The largest absolute Gasteiger partial charge is 0.480 e. The molecule has 1 aromatic heterocycles. The highest BCUT2D eigenvalue weighted by Gasteiger charge is 2.28. The zero-order chi connectivity index (χ0) is 27.8. The van der Waals surface area contributed by atoms with Crippen LogP contribution in [0.5, 0.6) is 5.75 Å². The number of furan rings is 1. The molecule has 0 aliphatic heterocycles. The highest BCUT2D eigenvalue weighted by molar-refractivity contribution is 7.89. The summed E-state index contributed by atoms with van der Waals surface area (Å²) in [4.78, 5) is 24.3. The molecule has 38 heavy (non-hydrogen) atoms. The van der Waals surface area contributed by atoms with Crippen molar-refractivity contribution in [2.24, 2.45) is 5.92 Å². The number of aliphatic carboxylic acids is 1. The van der Waals surface area contributed by atoms with Crippen LogP contribution >= 0.6 is 0 Å². The Balaban J connectivity index is 1.56. The van der Waals surface area contributed by atoms with Gasteiger partial charge in [0.25, 0.3) is 0 Å². The predicted molar refractivity (Wildman–Crippen MR) is 144 cm³/mol. The molecule has 0 spiro atoms. The Morgan fingerprint density at radius 3 is 2.08 bits per heavy atom. The van der Waals surface area contributed by atoms with Gasteiger partial charge in [0.1, 0.15) is 17.4 Å². The minimum atomic E-state index is -4.02. The third-order valence-corrected chi connectivity index (χ3v) is 7.85. The Bertz CT molecular complexity index is 1610. The van der Waals surface area contributed by atoms with E-state index in [1.54, 1.807) is 32.0 Å². The van der Waals surface area contributed by atoms with E-state index >= 15 is 0 Å². The Kier molecular flexibility index (Phi) is 7.44. The molecule has 0 radical (unpaired) electrons. The number of aryl methyl sites for hydroxylation is 3. The quantitative estimate of drug-likeness (QED) is 0.221. The number of carboxylic acids is 1. The van der Waals surface area contributed by atoms with Gasteiger partial charge in [-0.15, -0.1) is 0 Å². The van der Waals surface area contributed by atoms with Crippen LogP contribution in [0.15, 0.2) is 70.0 Å². The Morgan fingerprint density at radius 2 is 1.53 bits per heavy atom. The van der Waals surface area contributed by atoms with Gasteiger partial charge in [0.2, 0.25) is 15.8 Å². The van der Waals surface area contributed by atoms with E-state index < -0.39 is 33.9 Å². The van der Waals surface area contributed by atoms with Crippen molar-refractivity contribution >= 4 is 32.9 Å². The molecule has 0 aliphatic carbocycles. The molecule has 1 heterocycles. The smallest absolute Gasteiger partial charge is 0.379 e. The van der Waals surface area contributed by atoms with E-state index in [-0.39, 0.29) is 10.7 Å². The maximum Gasteiger partial charge on any atom is 0.379 e. The standard InChI is InChI=1S/C29H29NO7S/c1-16(2)25(28(31)32)30-38(34,35)22-12-10-20(11-13-22)21-14-17(3)26(18(4)15-21)37-29(33)27-19(5)23-8-6-7-9-24(23)36-27/h6-16,25,30H,1-5H3,(H,31,32). The number of nitrogens with one attached hydrogen (secondary N) is 1. The molecule has 0 bridgehead atoms. The second-order valence-electron chi connectivity index (χ2n) is 9.59. The third-order valence-electron chi connectivity index (χ3n) is 6.40. The molecule has 1 atom stereocenters. The first-order chi connectivity index (χ1) is 17.9. The lowest BCUT2D eigenvalue weighted by Crippen LogP contribution is -2.44. The van der Waals surface area contributed by atoms with Crippen molar-refractivity contribution in [1.82, 2.24) is 4.72 Å². The minimum Gasteiger partial charge on any atom is -0.480 e. The first-order valence-corrected chi connectivity index (χ1v) is 13.5. The summed E-state index contributed by atoms with van der Waals surface area (Å²) >= 11 is 0. The van der Waals surface area contributed by atoms with Gasteiger partial charge in [0.15, 0.2) is 0 Å². The topological polar surface area (TPSA) is 123 Å². The molecule has 4 aromatic rings. The molecular formula is C29H29NO7S. The molecule has 9 heteroatoms. The average molecular weight is 536 g/mol. The monoisotopic (exact) mass is 535 g/mol. The Hall–Kier alpha value is -3.95. The summed E-state index contributed by atoms with van der Waals surface area (Å²) < 4.78 is 39.2. The summed E-state index contributed by atoms with van der Waals surface area (Å²) in [5.74, 6) is -1.66. The lowest BCUT2D eigenvalue weighted by molar-refractivity contribution is -0.140. The van der Waals surface area contributed by atoms with Crippen molar-refractivity contribution in [3.8, 4) is 16.9 Å². The van der Waals surface area contributed by atoms with Crippen molar-refractivity contribution < 1.29 is 32.3 Å². The predicted octanol–water partition coefficient (Wildman–Crippen LogP) is 5.63. The Labute approximate surface area is 221 Å². The van der Waals surface area contributed by atoms with Crippen LogP contribution in [-0.2, 0) is 14.8 Å². The van der Waals surface area contributed by atoms with Gasteiger partial charge in [0, 0.05) is 10.9 Å². The van der Waals surface area contributed by atoms with Crippen molar-refractivity contribution in [3.05, 3.63) is 83.1 Å². The van der Waals surface area contributed by atoms with Gasteiger partial charge in [-0.3, -0.25) is 4.79 Å². The number of ether oxygens (including phenoxy) is 1. The summed E-state index contributed by atoms with van der Waals surface area (Å²) in [5.41, 5.74) is 4.33. The number of esters is 1. The number of hydrogen-bond donors (Lipinski definition) is 2. The summed E-state index contributed by atoms with van der Waals surface area (Å²) in [6.07, 6.45) is 0. The molecule has 0 fully saturated rings. The molecule has 0 aliphatic rings. The zero-order valence-electron chi connectivity index (χ0n) is 21.7. The lowest BCUT2D eigenvalue weighted by atomic mass is 10.00. The maximum atomic E-state index is 12.9. The minimum absolute atomic E-state index is 0.0339. The van der Waals surface area contributed by atoms with Crippen LogP contribution in [0.3, 0.4) is 0 Å². The average Bonchev–Trinajstić information content (AvgIpc) is 3.21. The molecule has 0 amide bonds. The number of para-hydroxylation sites is 1. The first kappa shape index (κ1) is 27.1. The van der Waals surface area contributed by atoms with Crippen molar-refractivity contribution in [3.63, 3.8) is 0 Å². The van der Waals surface area contributed by atoms with Gasteiger partial charge >= 0.3 is 11.9 Å². The van der Waals surface area contributed by atoms with E-state index in [0.717, 1.165) is 27.6 Å². The van der Waals surface area contributed by atoms with E-state index in [0.29, 0.717) is 16.9 Å². The number of benzene rings is 3. The number of carbonyl (C=O) groups excluding carboxylic acids is 1. The van der Waals surface area contributed by atoms with Crippen LogP contribution in [0.1, 0.15) is 41.1 Å².